The highest BCUT2D eigenvalue weighted by Crippen LogP contribution is 2.26. The molecule has 0 bridgehead atoms. The maximum Gasteiger partial charge on any atom is 0.306 e. The summed E-state index contributed by atoms with van der Waals surface area (Å²) in [6.07, 6.45) is 32.7. The van der Waals surface area contributed by atoms with E-state index in [-0.39, 0.29) is 26.1 Å². The second-order valence-electron chi connectivity index (χ2n) is 19.8. The summed E-state index contributed by atoms with van der Waals surface area (Å²) in [6, 6.07) is 0. The number of carbonyl (C=O) groups excluding carboxylic acids is 2. The number of hydrogen-bond donors (Lipinski definition) is 7. The van der Waals surface area contributed by atoms with Gasteiger partial charge in [-0.2, -0.15) is 0 Å². The minimum Gasteiger partial charge on any atom is -0.462 e. The number of rotatable bonds is 44. The summed E-state index contributed by atoms with van der Waals surface area (Å²) in [5.41, 5.74) is 0. The third-order valence-electron chi connectivity index (χ3n) is 13.3. The van der Waals surface area contributed by atoms with Crippen molar-refractivity contribution in [1.82, 2.24) is 0 Å². The van der Waals surface area contributed by atoms with E-state index in [0.717, 1.165) is 83.5 Å². The molecule has 15 heteroatoms. The number of aliphatic hydroxyl groups excluding tert-OH is 7. The molecule has 11 atom stereocenters. The molecule has 2 aliphatic heterocycles. The number of aliphatic hydroxyl groups is 7. The van der Waals surface area contributed by atoms with Crippen molar-refractivity contribution in [2.45, 2.75) is 274 Å². The first-order valence-corrected chi connectivity index (χ1v) is 28.2. The van der Waals surface area contributed by atoms with Crippen LogP contribution in [0.1, 0.15) is 206 Å². The van der Waals surface area contributed by atoms with Crippen LogP contribution in [-0.2, 0) is 38.0 Å². The Balaban J connectivity index is 1.77. The van der Waals surface area contributed by atoms with E-state index in [2.05, 4.69) is 62.5 Å². The standard InChI is InChI=1S/C57H100O15/c1-3-5-7-9-11-13-15-17-19-20-21-22-23-24-26-28-30-32-34-36-38-40-49(60)70-45(42-67-48(59)39-37-35-33-31-29-27-25-18-16-14-12-10-8-6-4-2)43-68-56-55(66)53(64)51(62)47(72-56)44-69-57-54(65)52(63)50(61)46(41-58)71-57/h12,14-15,17-18,20-21,25,45-47,50-58,61-66H,3-11,13,16,19,22-24,26-44H2,1-2H3/b14-12-,17-15-,21-20-,25-18-. The molecule has 2 heterocycles. The zero-order valence-corrected chi connectivity index (χ0v) is 44.4. The zero-order valence-electron chi connectivity index (χ0n) is 44.4. The Morgan fingerprint density at radius 1 is 0.444 bits per heavy atom. The Hall–Kier alpha value is -2.54. The molecule has 0 saturated carbocycles. The summed E-state index contributed by atoms with van der Waals surface area (Å²) in [4.78, 5) is 25.8. The van der Waals surface area contributed by atoms with Gasteiger partial charge >= 0.3 is 11.9 Å². The summed E-state index contributed by atoms with van der Waals surface area (Å²) in [5.74, 6) is -0.943. The molecule has 2 rings (SSSR count). The van der Waals surface area contributed by atoms with Crippen LogP contribution < -0.4 is 0 Å². The Morgan fingerprint density at radius 2 is 0.833 bits per heavy atom. The average Bonchev–Trinajstić information content (AvgIpc) is 3.37. The first kappa shape index (κ1) is 65.6. The molecule has 2 saturated heterocycles. The van der Waals surface area contributed by atoms with Crippen LogP contribution in [0.2, 0.25) is 0 Å². The molecular weight excluding hydrogens is 925 g/mol. The van der Waals surface area contributed by atoms with E-state index < -0.39 is 92.7 Å². The highest BCUT2D eigenvalue weighted by molar-refractivity contribution is 5.70. The second-order valence-corrected chi connectivity index (χ2v) is 19.8. The molecule has 2 fully saturated rings. The Kier molecular flexibility index (Phi) is 39.8. The molecule has 0 aromatic carbocycles. The molecular formula is C57H100O15. The minimum atomic E-state index is -1.77. The molecule has 0 radical (unpaired) electrons. The molecule has 0 aliphatic carbocycles. The van der Waals surface area contributed by atoms with Crippen molar-refractivity contribution in [2.75, 3.05) is 26.4 Å². The van der Waals surface area contributed by atoms with E-state index >= 15 is 0 Å². The molecule has 72 heavy (non-hydrogen) atoms. The van der Waals surface area contributed by atoms with Gasteiger partial charge in [-0.05, 0) is 77.0 Å². The Bertz CT molecular complexity index is 1440. The lowest BCUT2D eigenvalue weighted by atomic mass is 9.98. The van der Waals surface area contributed by atoms with Crippen LogP contribution in [0.25, 0.3) is 0 Å². The predicted molar refractivity (Wildman–Crippen MR) is 280 cm³/mol. The van der Waals surface area contributed by atoms with Gasteiger partial charge in [-0.15, -0.1) is 0 Å². The summed E-state index contributed by atoms with van der Waals surface area (Å²) in [5, 5.41) is 72.2. The van der Waals surface area contributed by atoms with E-state index in [1.165, 1.54) is 83.5 Å². The van der Waals surface area contributed by atoms with Crippen molar-refractivity contribution >= 4 is 11.9 Å². The Morgan fingerprint density at radius 3 is 1.32 bits per heavy atom. The monoisotopic (exact) mass is 1020 g/mol. The molecule has 15 nitrogen and oxygen atoms in total. The maximum atomic E-state index is 13.1. The average molecular weight is 1030 g/mol. The van der Waals surface area contributed by atoms with Gasteiger partial charge in [-0.3, -0.25) is 9.59 Å². The third-order valence-corrected chi connectivity index (χ3v) is 13.3. The molecule has 0 aromatic heterocycles. The lowest BCUT2D eigenvalue weighted by Gasteiger charge is -2.42. The maximum absolute atomic E-state index is 13.1. The van der Waals surface area contributed by atoms with Gasteiger partial charge in [0.2, 0.25) is 0 Å². The van der Waals surface area contributed by atoms with Gasteiger partial charge < -0.3 is 64.2 Å². The van der Waals surface area contributed by atoms with Gasteiger partial charge in [0.25, 0.3) is 0 Å². The molecule has 0 aromatic rings. The van der Waals surface area contributed by atoms with Gasteiger partial charge in [-0.25, -0.2) is 0 Å². The molecule has 0 amide bonds. The summed E-state index contributed by atoms with van der Waals surface area (Å²) in [7, 11) is 0. The van der Waals surface area contributed by atoms with Crippen molar-refractivity contribution in [2.24, 2.45) is 0 Å². The summed E-state index contributed by atoms with van der Waals surface area (Å²) >= 11 is 0. The van der Waals surface area contributed by atoms with Gasteiger partial charge in [-0.1, -0.05) is 165 Å². The number of unbranched alkanes of at least 4 members (excludes halogenated alkanes) is 22. The number of esters is 2. The largest absolute Gasteiger partial charge is 0.462 e. The normalized spacial score (nSPS) is 25.3. The van der Waals surface area contributed by atoms with Crippen LogP contribution in [0.15, 0.2) is 48.6 Å². The summed E-state index contributed by atoms with van der Waals surface area (Å²) < 4.78 is 33.6. The predicted octanol–water partition coefficient (Wildman–Crippen LogP) is 9.05. The van der Waals surface area contributed by atoms with Crippen molar-refractivity contribution in [3.05, 3.63) is 48.6 Å². The topological polar surface area (TPSA) is 231 Å². The quantitative estimate of drug-likeness (QED) is 0.0171. The van der Waals surface area contributed by atoms with Crippen LogP contribution in [0, 0.1) is 0 Å². The second kappa shape index (κ2) is 43.7. The lowest BCUT2D eigenvalue weighted by molar-refractivity contribution is -0.332. The molecule has 2 aliphatic rings. The molecule has 418 valence electrons. The van der Waals surface area contributed by atoms with Gasteiger partial charge in [0.15, 0.2) is 18.7 Å². The van der Waals surface area contributed by atoms with E-state index in [1.54, 1.807) is 0 Å². The van der Waals surface area contributed by atoms with Crippen molar-refractivity contribution < 1.29 is 73.8 Å². The van der Waals surface area contributed by atoms with E-state index in [9.17, 15) is 45.3 Å². The third kappa shape index (κ3) is 30.7. The van der Waals surface area contributed by atoms with E-state index in [0.29, 0.717) is 12.8 Å². The van der Waals surface area contributed by atoms with Gasteiger partial charge in [0.05, 0.1) is 19.8 Å². The smallest absolute Gasteiger partial charge is 0.306 e. The fraction of sp³-hybridized carbons (Fsp3) is 0.825. The van der Waals surface area contributed by atoms with Crippen LogP contribution in [0.4, 0.5) is 0 Å². The van der Waals surface area contributed by atoms with Gasteiger partial charge in [0, 0.05) is 12.8 Å². The zero-order chi connectivity index (χ0) is 52.4. The van der Waals surface area contributed by atoms with Crippen LogP contribution >= 0.6 is 0 Å². The fourth-order valence-corrected chi connectivity index (χ4v) is 8.63. The van der Waals surface area contributed by atoms with E-state index in [1.807, 2.05) is 0 Å². The number of carbonyl (C=O) groups is 2. The van der Waals surface area contributed by atoms with Crippen LogP contribution in [0.3, 0.4) is 0 Å². The molecule has 11 unspecified atom stereocenters. The van der Waals surface area contributed by atoms with Crippen molar-refractivity contribution in [3.8, 4) is 0 Å². The van der Waals surface area contributed by atoms with Gasteiger partial charge in [0.1, 0.15) is 55.4 Å². The first-order chi connectivity index (χ1) is 35.0. The number of allylic oxidation sites excluding steroid dienone is 8. The van der Waals surface area contributed by atoms with Crippen molar-refractivity contribution in [3.63, 3.8) is 0 Å². The van der Waals surface area contributed by atoms with Crippen LogP contribution in [0.5, 0.6) is 0 Å². The highest BCUT2D eigenvalue weighted by atomic mass is 16.7. The molecule has 7 N–H and O–H groups in total. The number of ether oxygens (including phenoxy) is 6. The minimum absolute atomic E-state index is 0.156. The molecule has 0 spiro atoms. The summed E-state index contributed by atoms with van der Waals surface area (Å²) in [6.45, 7) is 2.55. The van der Waals surface area contributed by atoms with E-state index in [4.69, 9.17) is 28.4 Å². The number of hydrogen-bond acceptors (Lipinski definition) is 15. The Labute approximate surface area is 433 Å². The first-order valence-electron chi connectivity index (χ1n) is 28.2. The van der Waals surface area contributed by atoms with Crippen molar-refractivity contribution in [1.29, 1.82) is 0 Å². The SMILES string of the molecule is CCCCC/C=C\C/C=C\CCCCCCCC(=O)OCC(COC1OC(COC2OC(CO)C(O)C(O)C2O)C(O)C(O)C1O)OC(=O)CCCCCCCCCCC/C=C\C/C=C\CCCCCCC. The fourth-order valence-electron chi connectivity index (χ4n) is 8.63. The van der Waals surface area contributed by atoms with Crippen LogP contribution in [-0.4, -0.2) is 142 Å². The highest BCUT2D eigenvalue weighted by Gasteiger charge is 2.47. The lowest BCUT2D eigenvalue weighted by Crippen LogP contribution is -2.61.